The highest BCUT2D eigenvalue weighted by molar-refractivity contribution is 9.10. The first-order chi connectivity index (χ1) is 12.9. The van der Waals surface area contributed by atoms with Crippen molar-refractivity contribution < 1.29 is 19.1 Å². The van der Waals surface area contributed by atoms with E-state index in [9.17, 15) is 9.59 Å². The predicted octanol–water partition coefficient (Wildman–Crippen LogP) is 5.75. The third-order valence-corrected chi connectivity index (χ3v) is 5.56. The van der Waals surface area contributed by atoms with Crippen LogP contribution in [0.4, 0.5) is 10.5 Å². The third kappa shape index (κ3) is 4.15. The summed E-state index contributed by atoms with van der Waals surface area (Å²) >= 11 is 10.2. The zero-order chi connectivity index (χ0) is 19.6. The van der Waals surface area contributed by atoms with Crippen molar-refractivity contribution in [1.82, 2.24) is 0 Å². The molecule has 1 heterocycles. The second kappa shape index (κ2) is 8.37. The van der Waals surface area contributed by atoms with Crippen LogP contribution in [0.3, 0.4) is 0 Å². The first kappa shape index (κ1) is 19.8. The van der Waals surface area contributed by atoms with E-state index in [0.717, 1.165) is 21.1 Å². The van der Waals surface area contributed by atoms with Crippen LogP contribution in [0.25, 0.3) is 6.08 Å². The van der Waals surface area contributed by atoms with Gasteiger partial charge in [0.1, 0.15) is 0 Å². The maximum atomic E-state index is 12.8. The van der Waals surface area contributed by atoms with Crippen molar-refractivity contribution in [3.8, 4) is 11.5 Å². The number of ether oxygens (including phenoxy) is 2. The van der Waals surface area contributed by atoms with Crippen LogP contribution in [0.15, 0.2) is 45.8 Å². The number of hydrogen-bond acceptors (Lipinski definition) is 5. The molecule has 0 aromatic heterocycles. The number of imide groups is 1. The van der Waals surface area contributed by atoms with Gasteiger partial charge in [-0.05, 0) is 66.7 Å². The lowest BCUT2D eigenvalue weighted by Gasteiger charge is -2.13. The maximum Gasteiger partial charge on any atom is 0.298 e. The number of benzene rings is 2. The number of hydrogen-bond donors (Lipinski definition) is 0. The summed E-state index contributed by atoms with van der Waals surface area (Å²) in [4.78, 5) is 26.6. The Balaban J connectivity index is 1.96. The van der Waals surface area contributed by atoms with Gasteiger partial charge in [-0.15, -0.1) is 0 Å². The highest BCUT2D eigenvalue weighted by Crippen LogP contribution is 2.39. The lowest BCUT2D eigenvalue weighted by atomic mass is 10.1. The molecule has 0 bridgehead atoms. The third-order valence-electron chi connectivity index (χ3n) is 3.75. The van der Waals surface area contributed by atoms with Gasteiger partial charge >= 0.3 is 0 Å². The number of carbonyl (C=O) groups is 2. The molecule has 0 radical (unpaired) electrons. The van der Waals surface area contributed by atoms with Crippen molar-refractivity contribution in [2.24, 2.45) is 0 Å². The average Bonchev–Trinajstić information content (AvgIpc) is 2.92. The van der Waals surface area contributed by atoms with Gasteiger partial charge in [0, 0.05) is 9.50 Å². The molecular formula is C19H15BrClNO4S. The monoisotopic (exact) mass is 467 g/mol. The van der Waals surface area contributed by atoms with Gasteiger partial charge in [0.2, 0.25) is 0 Å². The number of halogens is 2. The molecule has 27 heavy (non-hydrogen) atoms. The summed E-state index contributed by atoms with van der Waals surface area (Å²) < 4.78 is 11.6. The van der Waals surface area contributed by atoms with Gasteiger partial charge in [-0.3, -0.25) is 9.59 Å². The second-order valence-corrected chi connectivity index (χ2v) is 7.74. The first-order valence-electron chi connectivity index (χ1n) is 7.98. The van der Waals surface area contributed by atoms with Gasteiger partial charge in [0.05, 0.1) is 24.3 Å². The molecule has 0 saturated carbocycles. The molecule has 0 unspecified atom stereocenters. The highest BCUT2D eigenvalue weighted by Gasteiger charge is 2.36. The van der Waals surface area contributed by atoms with E-state index in [1.165, 1.54) is 0 Å². The van der Waals surface area contributed by atoms with Crippen LogP contribution in [0.2, 0.25) is 5.02 Å². The van der Waals surface area contributed by atoms with Crippen LogP contribution in [-0.4, -0.2) is 24.9 Å². The number of nitrogens with zero attached hydrogens (tertiary/aromatic N) is 1. The minimum absolute atomic E-state index is 0.322. The summed E-state index contributed by atoms with van der Waals surface area (Å²) in [7, 11) is 1.56. The van der Waals surface area contributed by atoms with Gasteiger partial charge in [-0.25, -0.2) is 4.90 Å². The smallest absolute Gasteiger partial charge is 0.298 e. The standard InChI is InChI=1S/C19H15BrClNO4S/c1-3-26-16-8-11(14(20)10-15(16)25-2)9-17-18(23)22(19(24)27-17)13-6-4-12(21)5-7-13/h4-10H,3H2,1-2H3/b17-9+. The van der Waals surface area contributed by atoms with Crippen molar-refractivity contribution in [2.45, 2.75) is 6.92 Å². The van der Waals surface area contributed by atoms with E-state index >= 15 is 0 Å². The number of thioether (sulfide) groups is 1. The van der Waals surface area contributed by atoms with Crippen LogP contribution in [-0.2, 0) is 4.79 Å². The highest BCUT2D eigenvalue weighted by atomic mass is 79.9. The summed E-state index contributed by atoms with van der Waals surface area (Å²) in [6.45, 7) is 2.35. The quantitative estimate of drug-likeness (QED) is 0.523. The summed E-state index contributed by atoms with van der Waals surface area (Å²) in [6.07, 6.45) is 1.66. The van der Waals surface area contributed by atoms with E-state index in [0.29, 0.717) is 39.3 Å². The Morgan fingerprint density at radius 2 is 1.89 bits per heavy atom. The Kier molecular flexibility index (Phi) is 6.14. The number of carbonyl (C=O) groups excluding carboxylic acids is 2. The Hall–Kier alpha value is -1.96. The van der Waals surface area contributed by atoms with Gasteiger partial charge < -0.3 is 9.47 Å². The summed E-state index contributed by atoms with van der Waals surface area (Å²) in [6, 6.07) is 10.1. The van der Waals surface area contributed by atoms with E-state index < -0.39 is 0 Å². The molecule has 5 nitrogen and oxygen atoms in total. The van der Waals surface area contributed by atoms with Crippen molar-refractivity contribution >= 4 is 62.2 Å². The topological polar surface area (TPSA) is 55.8 Å². The molecule has 8 heteroatoms. The van der Waals surface area contributed by atoms with E-state index in [-0.39, 0.29) is 11.1 Å². The molecule has 140 valence electrons. The molecule has 0 aliphatic carbocycles. The molecule has 1 aliphatic rings. The Bertz CT molecular complexity index is 930. The van der Waals surface area contributed by atoms with Crippen molar-refractivity contribution in [3.05, 3.63) is 56.4 Å². The lowest BCUT2D eigenvalue weighted by Crippen LogP contribution is -2.27. The molecule has 0 spiro atoms. The van der Waals surface area contributed by atoms with E-state index in [1.54, 1.807) is 49.6 Å². The maximum absolute atomic E-state index is 12.8. The fourth-order valence-electron chi connectivity index (χ4n) is 2.51. The van der Waals surface area contributed by atoms with Crippen molar-refractivity contribution in [2.75, 3.05) is 18.6 Å². The molecule has 1 fully saturated rings. The largest absolute Gasteiger partial charge is 0.493 e. The number of amides is 2. The zero-order valence-corrected chi connectivity index (χ0v) is 17.7. The van der Waals surface area contributed by atoms with E-state index in [2.05, 4.69) is 15.9 Å². The SMILES string of the molecule is CCOc1cc(/C=C2/SC(=O)N(c3ccc(Cl)cc3)C2=O)c(Br)cc1OC. The minimum Gasteiger partial charge on any atom is -0.493 e. The van der Waals surface area contributed by atoms with Crippen molar-refractivity contribution in [1.29, 1.82) is 0 Å². The number of rotatable bonds is 5. The van der Waals surface area contributed by atoms with Gasteiger partial charge in [-0.2, -0.15) is 0 Å². The summed E-state index contributed by atoms with van der Waals surface area (Å²) in [5.74, 6) is 0.759. The number of methoxy groups -OCH3 is 1. The average molecular weight is 469 g/mol. The molecule has 2 aromatic carbocycles. The van der Waals surface area contributed by atoms with E-state index in [1.807, 2.05) is 6.92 Å². The molecule has 1 aliphatic heterocycles. The molecule has 3 rings (SSSR count). The zero-order valence-electron chi connectivity index (χ0n) is 14.5. The fraction of sp³-hybridized carbons (Fsp3) is 0.158. The van der Waals surface area contributed by atoms with Gasteiger partial charge in [0.25, 0.3) is 11.1 Å². The first-order valence-corrected chi connectivity index (χ1v) is 9.97. The molecule has 1 saturated heterocycles. The molecule has 0 N–H and O–H groups in total. The lowest BCUT2D eigenvalue weighted by molar-refractivity contribution is -0.113. The second-order valence-electron chi connectivity index (χ2n) is 5.45. The van der Waals surface area contributed by atoms with Crippen LogP contribution in [0, 0.1) is 0 Å². The molecule has 2 aromatic rings. The van der Waals surface area contributed by atoms with Crippen LogP contribution in [0.5, 0.6) is 11.5 Å². The van der Waals surface area contributed by atoms with Crippen LogP contribution < -0.4 is 14.4 Å². The Morgan fingerprint density at radius 3 is 2.52 bits per heavy atom. The number of anilines is 1. The summed E-state index contributed by atoms with van der Waals surface area (Å²) in [5, 5.41) is 0.176. The molecular weight excluding hydrogens is 454 g/mol. The summed E-state index contributed by atoms with van der Waals surface area (Å²) in [5.41, 5.74) is 1.19. The van der Waals surface area contributed by atoms with E-state index in [4.69, 9.17) is 21.1 Å². The van der Waals surface area contributed by atoms with Gasteiger partial charge in [-0.1, -0.05) is 27.5 Å². The Morgan fingerprint density at radius 1 is 1.19 bits per heavy atom. The molecule has 0 atom stereocenters. The Labute approximate surface area is 174 Å². The minimum atomic E-state index is -0.381. The predicted molar refractivity (Wildman–Crippen MR) is 112 cm³/mol. The van der Waals surface area contributed by atoms with Gasteiger partial charge in [0.15, 0.2) is 11.5 Å². The van der Waals surface area contributed by atoms with Crippen molar-refractivity contribution in [3.63, 3.8) is 0 Å². The normalized spacial score (nSPS) is 15.6. The molecule has 2 amide bonds. The van der Waals surface area contributed by atoms with Crippen LogP contribution in [0.1, 0.15) is 12.5 Å². The van der Waals surface area contributed by atoms with Crippen LogP contribution >= 0.6 is 39.3 Å². The fourth-order valence-corrected chi connectivity index (χ4v) is 3.91.